The van der Waals surface area contributed by atoms with Gasteiger partial charge in [-0.2, -0.15) is 0 Å². The maximum absolute atomic E-state index is 13.1. The summed E-state index contributed by atoms with van der Waals surface area (Å²) in [5, 5.41) is 3.89. The van der Waals surface area contributed by atoms with Gasteiger partial charge in [0.25, 0.3) is 0 Å². The van der Waals surface area contributed by atoms with Crippen molar-refractivity contribution >= 4 is 17.3 Å². The van der Waals surface area contributed by atoms with Crippen LogP contribution in [0.1, 0.15) is 11.1 Å². The van der Waals surface area contributed by atoms with Crippen LogP contribution in [0.3, 0.4) is 0 Å². The molecule has 2 aromatic rings. The van der Waals surface area contributed by atoms with Crippen LogP contribution in [0.4, 0.5) is 10.1 Å². The van der Waals surface area contributed by atoms with Crippen molar-refractivity contribution in [1.29, 1.82) is 0 Å². The van der Waals surface area contributed by atoms with Gasteiger partial charge in [-0.1, -0.05) is 17.7 Å². The lowest BCUT2D eigenvalue weighted by atomic mass is 10.1. The lowest BCUT2D eigenvalue weighted by Crippen LogP contribution is -2.02. The highest BCUT2D eigenvalue weighted by atomic mass is 35.5. The van der Waals surface area contributed by atoms with Gasteiger partial charge >= 0.3 is 0 Å². The van der Waals surface area contributed by atoms with Crippen LogP contribution in [0.2, 0.25) is 5.02 Å². The van der Waals surface area contributed by atoms with Gasteiger partial charge in [0.05, 0.1) is 6.61 Å². The summed E-state index contributed by atoms with van der Waals surface area (Å²) >= 11 is 6.09. The van der Waals surface area contributed by atoms with Gasteiger partial charge in [-0.25, -0.2) is 4.39 Å². The lowest BCUT2D eigenvalue weighted by molar-refractivity contribution is 0.354. The van der Waals surface area contributed by atoms with Gasteiger partial charge in [-0.15, -0.1) is 0 Å². The summed E-state index contributed by atoms with van der Waals surface area (Å²) in [7, 11) is 0. The molecule has 3 rings (SSSR count). The third-order valence-electron chi connectivity index (χ3n) is 3.13. The molecule has 98 valence electrons. The molecule has 0 aromatic heterocycles. The monoisotopic (exact) mass is 277 g/mol. The SMILES string of the molecule is Fc1cccc(NCc2cc(Cl)cc3c2OCC3)c1. The number of ether oxygens (including phenoxy) is 1. The number of anilines is 1. The van der Waals surface area contributed by atoms with E-state index in [4.69, 9.17) is 16.3 Å². The molecule has 2 aromatic carbocycles. The van der Waals surface area contributed by atoms with Gasteiger partial charge in [-0.05, 0) is 35.9 Å². The number of nitrogens with one attached hydrogen (secondary N) is 1. The highest BCUT2D eigenvalue weighted by Gasteiger charge is 2.17. The summed E-state index contributed by atoms with van der Waals surface area (Å²) in [6.07, 6.45) is 0.892. The molecule has 0 fully saturated rings. The van der Waals surface area contributed by atoms with E-state index in [0.717, 1.165) is 29.0 Å². The van der Waals surface area contributed by atoms with E-state index in [2.05, 4.69) is 5.32 Å². The topological polar surface area (TPSA) is 21.3 Å². The molecule has 0 unspecified atom stereocenters. The number of hydrogen-bond acceptors (Lipinski definition) is 2. The Morgan fingerprint density at radius 1 is 1.26 bits per heavy atom. The highest BCUT2D eigenvalue weighted by molar-refractivity contribution is 6.30. The molecule has 0 atom stereocenters. The van der Waals surface area contributed by atoms with E-state index in [9.17, 15) is 4.39 Å². The lowest BCUT2D eigenvalue weighted by Gasteiger charge is -2.11. The quantitative estimate of drug-likeness (QED) is 0.915. The number of fused-ring (bicyclic) bond motifs is 1. The minimum absolute atomic E-state index is 0.252. The second-order valence-electron chi connectivity index (χ2n) is 4.52. The number of rotatable bonds is 3. The van der Waals surface area contributed by atoms with E-state index in [-0.39, 0.29) is 5.82 Å². The number of benzene rings is 2. The fourth-order valence-electron chi connectivity index (χ4n) is 2.27. The van der Waals surface area contributed by atoms with Crippen LogP contribution in [-0.4, -0.2) is 6.61 Å². The molecule has 0 amide bonds. The molecule has 0 aliphatic carbocycles. The van der Waals surface area contributed by atoms with Crippen molar-refractivity contribution in [2.45, 2.75) is 13.0 Å². The van der Waals surface area contributed by atoms with E-state index in [1.54, 1.807) is 6.07 Å². The van der Waals surface area contributed by atoms with Crippen LogP contribution in [0.25, 0.3) is 0 Å². The summed E-state index contributed by atoms with van der Waals surface area (Å²) in [6.45, 7) is 1.26. The summed E-state index contributed by atoms with van der Waals surface area (Å²) < 4.78 is 18.7. The second kappa shape index (κ2) is 5.10. The fraction of sp³-hybridized carbons (Fsp3) is 0.200. The molecule has 1 N–H and O–H groups in total. The van der Waals surface area contributed by atoms with Crippen molar-refractivity contribution < 1.29 is 9.13 Å². The van der Waals surface area contributed by atoms with Gasteiger partial charge in [0.2, 0.25) is 0 Å². The fourth-order valence-corrected chi connectivity index (χ4v) is 2.54. The molecule has 0 spiro atoms. The molecular weight excluding hydrogens is 265 g/mol. The zero-order valence-electron chi connectivity index (χ0n) is 10.2. The van der Waals surface area contributed by atoms with E-state index in [0.29, 0.717) is 18.2 Å². The van der Waals surface area contributed by atoms with Crippen molar-refractivity contribution in [3.8, 4) is 5.75 Å². The largest absolute Gasteiger partial charge is 0.493 e. The zero-order chi connectivity index (χ0) is 13.2. The van der Waals surface area contributed by atoms with Gasteiger partial charge in [0.1, 0.15) is 11.6 Å². The Morgan fingerprint density at radius 2 is 2.16 bits per heavy atom. The van der Waals surface area contributed by atoms with E-state index in [1.165, 1.54) is 12.1 Å². The highest BCUT2D eigenvalue weighted by Crippen LogP contribution is 2.33. The van der Waals surface area contributed by atoms with Crippen LogP contribution in [0.5, 0.6) is 5.75 Å². The van der Waals surface area contributed by atoms with Gasteiger partial charge in [-0.3, -0.25) is 0 Å². The van der Waals surface area contributed by atoms with Crippen LogP contribution in [0, 0.1) is 5.82 Å². The third-order valence-corrected chi connectivity index (χ3v) is 3.35. The normalized spacial score (nSPS) is 12.9. The maximum Gasteiger partial charge on any atom is 0.127 e. The Bertz CT molecular complexity index is 615. The number of halogens is 2. The van der Waals surface area contributed by atoms with Gasteiger partial charge in [0, 0.05) is 29.2 Å². The van der Waals surface area contributed by atoms with Crippen molar-refractivity contribution in [1.82, 2.24) is 0 Å². The molecule has 0 saturated carbocycles. The average Bonchev–Trinajstić information content (AvgIpc) is 2.84. The standard InChI is InChI=1S/C15H13ClFNO/c16-12-6-10-4-5-19-15(10)11(7-12)9-18-14-3-1-2-13(17)8-14/h1-3,6-8,18H,4-5,9H2. The Hall–Kier alpha value is -1.74. The zero-order valence-corrected chi connectivity index (χ0v) is 11.0. The van der Waals surface area contributed by atoms with E-state index >= 15 is 0 Å². The number of hydrogen-bond donors (Lipinski definition) is 1. The first-order chi connectivity index (χ1) is 9.22. The summed E-state index contributed by atoms with van der Waals surface area (Å²) in [4.78, 5) is 0. The summed E-state index contributed by atoms with van der Waals surface area (Å²) in [5.74, 6) is 0.658. The van der Waals surface area contributed by atoms with Crippen molar-refractivity contribution in [2.24, 2.45) is 0 Å². The molecular formula is C15H13ClFNO. The second-order valence-corrected chi connectivity index (χ2v) is 4.95. The van der Waals surface area contributed by atoms with Crippen molar-refractivity contribution in [3.05, 3.63) is 58.4 Å². The Kier molecular flexibility index (Phi) is 3.30. The summed E-state index contributed by atoms with van der Waals surface area (Å²) in [6, 6.07) is 10.2. The van der Waals surface area contributed by atoms with E-state index < -0.39 is 0 Å². The molecule has 0 radical (unpaired) electrons. The Balaban J connectivity index is 1.81. The predicted molar refractivity (Wildman–Crippen MR) is 74.4 cm³/mol. The van der Waals surface area contributed by atoms with Gasteiger partial charge < -0.3 is 10.1 Å². The molecule has 4 heteroatoms. The Morgan fingerprint density at radius 3 is 3.00 bits per heavy atom. The Labute approximate surface area is 116 Å². The molecule has 1 aliphatic heterocycles. The van der Waals surface area contributed by atoms with Crippen LogP contribution >= 0.6 is 11.6 Å². The first-order valence-electron chi connectivity index (χ1n) is 6.16. The predicted octanol–water partition coefficient (Wildman–Crippen LogP) is 4.03. The molecule has 0 bridgehead atoms. The smallest absolute Gasteiger partial charge is 0.127 e. The molecule has 2 nitrogen and oxygen atoms in total. The molecule has 0 saturated heterocycles. The minimum atomic E-state index is -0.252. The molecule has 19 heavy (non-hydrogen) atoms. The first-order valence-corrected chi connectivity index (χ1v) is 6.54. The maximum atomic E-state index is 13.1. The molecule has 1 heterocycles. The van der Waals surface area contributed by atoms with E-state index in [1.807, 2.05) is 18.2 Å². The van der Waals surface area contributed by atoms with Crippen molar-refractivity contribution in [3.63, 3.8) is 0 Å². The van der Waals surface area contributed by atoms with Crippen LogP contribution in [0.15, 0.2) is 36.4 Å². The summed E-state index contributed by atoms with van der Waals surface area (Å²) in [5.41, 5.74) is 2.89. The van der Waals surface area contributed by atoms with Crippen LogP contribution < -0.4 is 10.1 Å². The van der Waals surface area contributed by atoms with Crippen LogP contribution in [-0.2, 0) is 13.0 Å². The first kappa shape index (κ1) is 12.3. The average molecular weight is 278 g/mol. The minimum Gasteiger partial charge on any atom is -0.493 e. The molecule has 1 aliphatic rings. The van der Waals surface area contributed by atoms with Crippen molar-refractivity contribution in [2.75, 3.05) is 11.9 Å². The third kappa shape index (κ3) is 2.66. The van der Waals surface area contributed by atoms with Gasteiger partial charge in [0.15, 0.2) is 0 Å².